The van der Waals surface area contributed by atoms with Crippen molar-refractivity contribution in [1.82, 2.24) is 0 Å². The van der Waals surface area contributed by atoms with Crippen molar-refractivity contribution in [3.8, 4) is 55.6 Å². The third kappa shape index (κ3) is 4.92. The fraction of sp³-hybridized carbons (Fsp3) is 0.0545. The van der Waals surface area contributed by atoms with E-state index in [1.807, 2.05) is 0 Å². The van der Waals surface area contributed by atoms with Crippen LogP contribution in [-0.2, 0) is 5.41 Å². The molecule has 0 N–H and O–H groups in total. The van der Waals surface area contributed by atoms with E-state index in [4.69, 9.17) is 0 Å². The maximum Gasteiger partial charge on any atom is 0.0159 e. The average Bonchev–Trinajstić information content (AvgIpc) is 3.46. The summed E-state index contributed by atoms with van der Waals surface area (Å²) in [4.78, 5) is 0. The lowest BCUT2D eigenvalue weighted by Gasteiger charge is -2.22. The molecule has 0 amide bonds. The van der Waals surface area contributed by atoms with Gasteiger partial charge in [-0.1, -0.05) is 184 Å². The zero-order valence-electron chi connectivity index (χ0n) is 31.0. The number of hydrogen-bond acceptors (Lipinski definition) is 0. The van der Waals surface area contributed by atoms with Gasteiger partial charge in [-0.2, -0.15) is 0 Å². The molecule has 1 aliphatic carbocycles. The highest BCUT2D eigenvalue weighted by atomic mass is 14.4. The first kappa shape index (κ1) is 31.7. The first-order valence-corrected chi connectivity index (χ1v) is 19.3. The van der Waals surface area contributed by atoms with Crippen LogP contribution in [-0.4, -0.2) is 0 Å². The third-order valence-corrected chi connectivity index (χ3v) is 12.2. The van der Waals surface area contributed by atoms with E-state index in [1.165, 1.54) is 110 Å². The van der Waals surface area contributed by atoms with Crippen LogP contribution in [0.15, 0.2) is 194 Å². The highest BCUT2D eigenvalue weighted by Gasteiger charge is 2.36. The Kier molecular flexibility index (Phi) is 7.00. The van der Waals surface area contributed by atoms with Crippen molar-refractivity contribution in [2.45, 2.75) is 19.3 Å². The molecule has 258 valence electrons. The molecule has 55 heavy (non-hydrogen) atoms. The quantitative estimate of drug-likeness (QED) is 0.161. The predicted octanol–water partition coefficient (Wildman–Crippen LogP) is 15.3. The Balaban J connectivity index is 1.02. The van der Waals surface area contributed by atoms with Crippen LogP contribution in [0.1, 0.15) is 25.0 Å². The Morgan fingerprint density at radius 2 is 0.764 bits per heavy atom. The Hall–Kier alpha value is -6.76. The molecule has 0 heterocycles. The van der Waals surface area contributed by atoms with Gasteiger partial charge in [0.05, 0.1) is 0 Å². The third-order valence-electron chi connectivity index (χ3n) is 12.2. The van der Waals surface area contributed by atoms with E-state index in [9.17, 15) is 0 Å². The van der Waals surface area contributed by atoms with Gasteiger partial charge in [0.15, 0.2) is 0 Å². The summed E-state index contributed by atoms with van der Waals surface area (Å²) in [6.07, 6.45) is 0. The summed E-state index contributed by atoms with van der Waals surface area (Å²) in [6.45, 7) is 4.75. The SMILES string of the molecule is CC1(C)c2cc(-c3ccc(-c4c5ccccc5c(-c5cccc(-c6cccc7ccccc67)c5)c5ccccc45)cc3)ccc2-c2cc3ccccc3cc21. The monoisotopic (exact) mass is 698 g/mol. The minimum atomic E-state index is -0.0708. The Labute approximate surface area is 322 Å². The number of benzene rings is 10. The van der Waals surface area contributed by atoms with E-state index < -0.39 is 0 Å². The maximum atomic E-state index is 2.43. The number of hydrogen-bond donors (Lipinski definition) is 0. The molecule has 1 aliphatic rings. The van der Waals surface area contributed by atoms with Crippen molar-refractivity contribution in [1.29, 1.82) is 0 Å². The highest BCUT2D eigenvalue weighted by molar-refractivity contribution is 6.21. The normalized spacial score (nSPS) is 13.1. The Morgan fingerprint density at radius 3 is 1.45 bits per heavy atom. The van der Waals surface area contributed by atoms with Crippen molar-refractivity contribution in [3.63, 3.8) is 0 Å². The molecule has 0 nitrogen and oxygen atoms in total. The molecule has 0 aliphatic heterocycles. The Bertz CT molecular complexity index is 3100. The molecule has 0 spiro atoms. The minimum absolute atomic E-state index is 0.0708. The molecule has 0 atom stereocenters. The van der Waals surface area contributed by atoms with Gasteiger partial charge in [0.1, 0.15) is 0 Å². The second-order valence-corrected chi connectivity index (χ2v) is 15.7. The zero-order chi connectivity index (χ0) is 36.7. The van der Waals surface area contributed by atoms with Crippen LogP contribution in [0.3, 0.4) is 0 Å². The lowest BCUT2D eigenvalue weighted by Crippen LogP contribution is -2.15. The molecule has 0 fully saturated rings. The summed E-state index contributed by atoms with van der Waals surface area (Å²) >= 11 is 0. The van der Waals surface area contributed by atoms with E-state index in [0.29, 0.717) is 0 Å². The van der Waals surface area contributed by atoms with Gasteiger partial charge in [0.25, 0.3) is 0 Å². The standard InChI is InChI=1S/C55H38/c1-55(2)51-34-40(29-30-45(51)50-32-38-14-3-4-15-39(38)33-52(50)55)35-25-27-37(28-26-35)53-46-20-7-9-22-48(46)54(49-23-10-8-21-47(49)53)42-18-11-17-41(31-42)44-24-12-16-36-13-5-6-19-43(36)44/h3-34H,1-2H3. The van der Waals surface area contributed by atoms with E-state index in [0.717, 1.165) is 0 Å². The molecule has 10 aromatic rings. The van der Waals surface area contributed by atoms with Crippen LogP contribution >= 0.6 is 0 Å². The molecular formula is C55H38. The molecule has 0 aromatic heterocycles. The van der Waals surface area contributed by atoms with Gasteiger partial charge in [-0.25, -0.2) is 0 Å². The van der Waals surface area contributed by atoms with Crippen LogP contribution in [0.25, 0.3) is 98.7 Å². The molecule has 0 radical (unpaired) electrons. The molecule has 11 rings (SSSR count). The van der Waals surface area contributed by atoms with E-state index in [2.05, 4.69) is 208 Å². The predicted molar refractivity (Wildman–Crippen MR) is 236 cm³/mol. The van der Waals surface area contributed by atoms with Gasteiger partial charge in [-0.15, -0.1) is 0 Å². The van der Waals surface area contributed by atoms with Crippen LogP contribution < -0.4 is 0 Å². The molecule has 0 saturated carbocycles. The number of rotatable bonds is 4. The summed E-state index contributed by atoms with van der Waals surface area (Å²) in [5.41, 5.74) is 15.5. The molecule has 0 bridgehead atoms. The smallest absolute Gasteiger partial charge is 0.0159 e. The van der Waals surface area contributed by atoms with Crippen molar-refractivity contribution >= 4 is 43.1 Å². The molecule has 0 unspecified atom stereocenters. The molecule has 0 heteroatoms. The second kappa shape index (κ2) is 12.1. The topological polar surface area (TPSA) is 0 Å². The summed E-state index contributed by atoms with van der Waals surface area (Å²) < 4.78 is 0. The van der Waals surface area contributed by atoms with Gasteiger partial charge in [0.2, 0.25) is 0 Å². The lowest BCUT2D eigenvalue weighted by molar-refractivity contribution is 0.661. The first-order valence-electron chi connectivity index (χ1n) is 19.3. The average molecular weight is 699 g/mol. The van der Waals surface area contributed by atoms with Gasteiger partial charge in [-0.3, -0.25) is 0 Å². The van der Waals surface area contributed by atoms with Crippen molar-refractivity contribution in [2.75, 3.05) is 0 Å². The van der Waals surface area contributed by atoms with Gasteiger partial charge in [-0.05, 0) is 134 Å². The van der Waals surface area contributed by atoms with Crippen LogP contribution in [0.2, 0.25) is 0 Å². The molecular weight excluding hydrogens is 661 g/mol. The van der Waals surface area contributed by atoms with Gasteiger partial charge < -0.3 is 0 Å². The van der Waals surface area contributed by atoms with Gasteiger partial charge >= 0.3 is 0 Å². The summed E-state index contributed by atoms with van der Waals surface area (Å²) in [5, 5.41) is 10.2. The van der Waals surface area contributed by atoms with Crippen molar-refractivity contribution < 1.29 is 0 Å². The highest BCUT2D eigenvalue weighted by Crippen LogP contribution is 2.51. The minimum Gasteiger partial charge on any atom is -0.0616 e. The number of fused-ring (bicyclic) bond motifs is 7. The fourth-order valence-electron chi connectivity index (χ4n) is 9.50. The Morgan fingerprint density at radius 1 is 0.273 bits per heavy atom. The molecule has 0 saturated heterocycles. The van der Waals surface area contributed by atoms with Crippen molar-refractivity contribution in [2.24, 2.45) is 0 Å². The largest absolute Gasteiger partial charge is 0.0616 e. The van der Waals surface area contributed by atoms with Crippen molar-refractivity contribution in [3.05, 3.63) is 205 Å². The maximum absolute atomic E-state index is 2.43. The molecule has 10 aromatic carbocycles. The van der Waals surface area contributed by atoms with Crippen LogP contribution in [0.4, 0.5) is 0 Å². The lowest BCUT2D eigenvalue weighted by atomic mass is 9.81. The first-order chi connectivity index (χ1) is 27.0. The fourth-order valence-corrected chi connectivity index (χ4v) is 9.50. The second-order valence-electron chi connectivity index (χ2n) is 15.7. The van der Waals surface area contributed by atoms with Gasteiger partial charge in [0, 0.05) is 5.41 Å². The summed E-state index contributed by atoms with van der Waals surface area (Å²) in [7, 11) is 0. The zero-order valence-corrected chi connectivity index (χ0v) is 31.0. The van der Waals surface area contributed by atoms with Crippen LogP contribution in [0.5, 0.6) is 0 Å². The van der Waals surface area contributed by atoms with Crippen LogP contribution in [0, 0.1) is 0 Å². The summed E-state index contributed by atoms with van der Waals surface area (Å²) in [5.74, 6) is 0. The van der Waals surface area contributed by atoms with E-state index in [1.54, 1.807) is 0 Å². The van der Waals surface area contributed by atoms with E-state index in [-0.39, 0.29) is 5.41 Å². The van der Waals surface area contributed by atoms with E-state index >= 15 is 0 Å². The summed E-state index contributed by atoms with van der Waals surface area (Å²) in [6, 6.07) is 72.2.